The summed E-state index contributed by atoms with van der Waals surface area (Å²) in [7, 11) is 0. The maximum absolute atomic E-state index is 13.0. The second kappa shape index (κ2) is 8.26. The molecule has 28 heavy (non-hydrogen) atoms. The largest absolute Gasteiger partial charge is 0.490 e. The molecule has 1 amide bonds. The van der Waals surface area contributed by atoms with Crippen LogP contribution in [-0.4, -0.2) is 42.6 Å². The highest BCUT2D eigenvalue weighted by atomic mass is 16.5. The molecule has 1 atom stereocenters. The van der Waals surface area contributed by atoms with Crippen molar-refractivity contribution >= 4 is 11.6 Å². The van der Waals surface area contributed by atoms with Crippen molar-refractivity contribution in [3.8, 4) is 5.75 Å². The van der Waals surface area contributed by atoms with Crippen LogP contribution < -0.4 is 9.64 Å². The first kappa shape index (κ1) is 18.9. The Morgan fingerprint density at radius 3 is 2.46 bits per heavy atom. The third-order valence-corrected chi connectivity index (χ3v) is 5.95. The van der Waals surface area contributed by atoms with Crippen molar-refractivity contribution in [1.29, 1.82) is 0 Å². The third kappa shape index (κ3) is 4.16. The SMILES string of the molecule is Cc1cccc(N2CCN(C(=O)c3ccc(OC4CCCC4)cc3)CC2C)c1. The normalized spacial score (nSPS) is 20.4. The van der Waals surface area contributed by atoms with E-state index in [9.17, 15) is 4.79 Å². The molecule has 2 aromatic rings. The predicted molar refractivity (Wildman–Crippen MR) is 113 cm³/mol. The number of carbonyl (C=O) groups is 1. The van der Waals surface area contributed by atoms with Crippen LogP contribution in [0.4, 0.5) is 5.69 Å². The van der Waals surface area contributed by atoms with Gasteiger partial charge in [0.2, 0.25) is 0 Å². The highest BCUT2D eigenvalue weighted by Gasteiger charge is 2.27. The van der Waals surface area contributed by atoms with E-state index in [2.05, 4.69) is 43.0 Å². The first-order valence-corrected chi connectivity index (χ1v) is 10.5. The molecule has 2 aromatic carbocycles. The van der Waals surface area contributed by atoms with Crippen LogP contribution in [-0.2, 0) is 0 Å². The summed E-state index contributed by atoms with van der Waals surface area (Å²) in [6.45, 7) is 6.66. The molecule has 1 aliphatic carbocycles. The molecule has 0 aromatic heterocycles. The van der Waals surface area contributed by atoms with E-state index < -0.39 is 0 Å². The van der Waals surface area contributed by atoms with Gasteiger partial charge >= 0.3 is 0 Å². The number of ether oxygens (including phenoxy) is 1. The van der Waals surface area contributed by atoms with E-state index in [1.807, 2.05) is 29.2 Å². The molecule has 148 valence electrons. The Bertz CT molecular complexity index is 812. The monoisotopic (exact) mass is 378 g/mol. The molecule has 4 nitrogen and oxygen atoms in total. The van der Waals surface area contributed by atoms with E-state index in [4.69, 9.17) is 4.74 Å². The molecule has 0 N–H and O–H groups in total. The van der Waals surface area contributed by atoms with Crippen molar-refractivity contribution < 1.29 is 9.53 Å². The van der Waals surface area contributed by atoms with Crippen molar-refractivity contribution in [1.82, 2.24) is 4.90 Å². The highest BCUT2D eigenvalue weighted by Crippen LogP contribution is 2.25. The number of nitrogens with zero attached hydrogens (tertiary/aromatic N) is 2. The Morgan fingerprint density at radius 2 is 1.79 bits per heavy atom. The van der Waals surface area contributed by atoms with E-state index in [-0.39, 0.29) is 5.91 Å². The summed E-state index contributed by atoms with van der Waals surface area (Å²) in [5.74, 6) is 0.990. The van der Waals surface area contributed by atoms with Gasteiger partial charge in [-0.05, 0) is 81.5 Å². The Labute approximate surface area is 168 Å². The molecule has 1 unspecified atom stereocenters. The summed E-state index contributed by atoms with van der Waals surface area (Å²) in [5.41, 5.74) is 3.26. The zero-order valence-electron chi connectivity index (χ0n) is 16.9. The predicted octanol–water partition coefficient (Wildman–Crippen LogP) is 4.67. The summed E-state index contributed by atoms with van der Waals surface area (Å²) >= 11 is 0. The summed E-state index contributed by atoms with van der Waals surface area (Å²) < 4.78 is 6.01. The van der Waals surface area contributed by atoms with Crippen molar-refractivity contribution in [2.75, 3.05) is 24.5 Å². The van der Waals surface area contributed by atoms with Crippen LogP contribution in [0.1, 0.15) is 48.5 Å². The molecule has 1 saturated carbocycles. The topological polar surface area (TPSA) is 32.8 Å². The average Bonchev–Trinajstić information content (AvgIpc) is 3.21. The van der Waals surface area contributed by atoms with Gasteiger partial charge in [0.1, 0.15) is 5.75 Å². The minimum atomic E-state index is 0.114. The molecule has 1 aliphatic heterocycles. The van der Waals surface area contributed by atoms with Crippen molar-refractivity contribution in [3.63, 3.8) is 0 Å². The molecule has 1 saturated heterocycles. The number of anilines is 1. The standard InChI is InChI=1S/C24H30N2O2/c1-18-6-5-7-21(16-18)26-15-14-25(17-19(26)2)24(27)20-10-12-23(13-11-20)28-22-8-3-4-9-22/h5-7,10-13,16,19,22H,3-4,8-9,14-15,17H2,1-2H3. The maximum Gasteiger partial charge on any atom is 0.253 e. The van der Waals surface area contributed by atoms with Gasteiger partial charge in [-0.1, -0.05) is 12.1 Å². The van der Waals surface area contributed by atoms with Crippen LogP contribution in [0.5, 0.6) is 5.75 Å². The minimum absolute atomic E-state index is 0.114. The molecule has 2 fully saturated rings. The smallest absolute Gasteiger partial charge is 0.253 e. The number of benzene rings is 2. The molecule has 0 radical (unpaired) electrons. The van der Waals surface area contributed by atoms with E-state index in [1.165, 1.54) is 24.1 Å². The summed E-state index contributed by atoms with van der Waals surface area (Å²) in [6.07, 6.45) is 5.15. The van der Waals surface area contributed by atoms with Gasteiger partial charge in [-0.2, -0.15) is 0 Å². The number of rotatable bonds is 4. The van der Waals surface area contributed by atoms with Crippen molar-refractivity contribution in [2.24, 2.45) is 0 Å². The van der Waals surface area contributed by atoms with Gasteiger partial charge in [-0.3, -0.25) is 4.79 Å². The van der Waals surface area contributed by atoms with Gasteiger partial charge in [-0.25, -0.2) is 0 Å². The molecule has 2 aliphatic rings. The number of carbonyl (C=O) groups excluding carboxylic acids is 1. The average molecular weight is 379 g/mol. The Balaban J connectivity index is 1.37. The number of amides is 1. The number of aryl methyl sites for hydroxylation is 1. The Hall–Kier alpha value is -2.49. The van der Waals surface area contributed by atoms with E-state index in [1.54, 1.807) is 0 Å². The molecule has 0 spiro atoms. The third-order valence-electron chi connectivity index (χ3n) is 5.95. The first-order valence-electron chi connectivity index (χ1n) is 10.5. The summed E-state index contributed by atoms with van der Waals surface area (Å²) in [5, 5.41) is 0. The fourth-order valence-corrected chi connectivity index (χ4v) is 4.39. The molecule has 4 heteroatoms. The van der Waals surface area contributed by atoms with Crippen molar-refractivity contribution in [3.05, 3.63) is 59.7 Å². The van der Waals surface area contributed by atoms with Crippen LogP contribution in [0, 0.1) is 6.92 Å². The van der Waals surface area contributed by atoms with E-state index in [0.29, 0.717) is 12.1 Å². The lowest BCUT2D eigenvalue weighted by Crippen LogP contribution is -2.53. The van der Waals surface area contributed by atoms with Crippen LogP contribution in [0.2, 0.25) is 0 Å². The Kier molecular flexibility index (Phi) is 5.56. The fraction of sp³-hybridized carbons (Fsp3) is 0.458. The van der Waals surface area contributed by atoms with Crippen LogP contribution in [0.15, 0.2) is 48.5 Å². The Morgan fingerprint density at radius 1 is 1.04 bits per heavy atom. The van der Waals surface area contributed by atoms with Gasteiger partial charge in [0.15, 0.2) is 0 Å². The zero-order valence-corrected chi connectivity index (χ0v) is 16.9. The van der Waals surface area contributed by atoms with E-state index >= 15 is 0 Å². The first-order chi connectivity index (χ1) is 13.6. The molecule has 1 heterocycles. The molecule has 4 rings (SSSR count). The van der Waals surface area contributed by atoms with Gasteiger partial charge in [-0.15, -0.1) is 0 Å². The number of piperazine rings is 1. The second-order valence-electron chi connectivity index (χ2n) is 8.18. The number of hydrogen-bond donors (Lipinski definition) is 0. The highest BCUT2D eigenvalue weighted by molar-refractivity contribution is 5.94. The van der Waals surface area contributed by atoms with E-state index in [0.717, 1.165) is 43.8 Å². The van der Waals surface area contributed by atoms with Gasteiger partial charge in [0.05, 0.1) is 6.10 Å². The lowest BCUT2D eigenvalue weighted by atomic mass is 10.1. The van der Waals surface area contributed by atoms with Gasteiger partial charge in [0.25, 0.3) is 5.91 Å². The molecular weight excluding hydrogens is 348 g/mol. The van der Waals surface area contributed by atoms with Gasteiger partial charge < -0.3 is 14.5 Å². The minimum Gasteiger partial charge on any atom is -0.490 e. The van der Waals surface area contributed by atoms with Crippen molar-refractivity contribution in [2.45, 2.75) is 51.7 Å². The quantitative estimate of drug-likeness (QED) is 0.775. The number of hydrogen-bond acceptors (Lipinski definition) is 3. The summed E-state index contributed by atoms with van der Waals surface area (Å²) in [4.78, 5) is 17.3. The van der Waals surface area contributed by atoms with Crippen LogP contribution >= 0.6 is 0 Å². The van der Waals surface area contributed by atoms with Gasteiger partial charge in [0, 0.05) is 36.9 Å². The fourth-order valence-electron chi connectivity index (χ4n) is 4.39. The second-order valence-corrected chi connectivity index (χ2v) is 8.18. The summed E-state index contributed by atoms with van der Waals surface area (Å²) in [6, 6.07) is 16.6. The maximum atomic E-state index is 13.0. The zero-order chi connectivity index (χ0) is 19.5. The lowest BCUT2D eigenvalue weighted by molar-refractivity contribution is 0.0726. The molecule has 0 bridgehead atoms. The molecular formula is C24H30N2O2. The van der Waals surface area contributed by atoms with Crippen LogP contribution in [0.3, 0.4) is 0 Å². The lowest BCUT2D eigenvalue weighted by Gasteiger charge is -2.41. The van der Waals surface area contributed by atoms with Crippen LogP contribution in [0.25, 0.3) is 0 Å².